The van der Waals surface area contributed by atoms with Gasteiger partial charge in [-0.25, -0.2) is 4.79 Å². The molecule has 2 fully saturated rings. The van der Waals surface area contributed by atoms with Crippen LogP contribution in [0.25, 0.3) is 0 Å². The predicted molar refractivity (Wildman–Crippen MR) is 46.8 cm³/mol. The van der Waals surface area contributed by atoms with Gasteiger partial charge in [-0.1, -0.05) is 25.7 Å². The van der Waals surface area contributed by atoms with E-state index >= 15 is 0 Å². The van der Waals surface area contributed by atoms with Gasteiger partial charge in [0.25, 0.3) is 0 Å². The largest absolute Gasteiger partial charge is 0.338 e. The van der Waals surface area contributed by atoms with E-state index in [9.17, 15) is 4.79 Å². The first kappa shape index (κ1) is 7.90. The summed E-state index contributed by atoms with van der Waals surface area (Å²) in [5.41, 5.74) is 0. The molecule has 1 saturated heterocycles. The van der Waals surface area contributed by atoms with Crippen molar-refractivity contribution >= 4 is 6.03 Å². The SMILES string of the molecule is O=C1NCC(C2CCCC2)CN1. The Balaban J connectivity index is 1.84. The predicted octanol–water partition coefficient (Wildman–Crippen LogP) is 1.11. The minimum atomic E-state index is 0.00393. The molecule has 2 amide bonds. The third kappa shape index (κ3) is 1.54. The van der Waals surface area contributed by atoms with Gasteiger partial charge < -0.3 is 10.6 Å². The highest BCUT2D eigenvalue weighted by Gasteiger charge is 2.27. The topological polar surface area (TPSA) is 41.1 Å². The van der Waals surface area contributed by atoms with Crippen LogP contribution in [0.2, 0.25) is 0 Å². The van der Waals surface area contributed by atoms with Gasteiger partial charge in [0.1, 0.15) is 0 Å². The van der Waals surface area contributed by atoms with Gasteiger partial charge in [-0.15, -0.1) is 0 Å². The molecule has 1 saturated carbocycles. The first-order chi connectivity index (χ1) is 5.86. The van der Waals surface area contributed by atoms with Crippen LogP contribution in [0.5, 0.6) is 0 Å². The molecule has 1 heterocycles. The molecule has 0 aromatic rings. The highest BCUT2D eigenvalue weighted by atomic mass is 16.2. The van der Waals surface area contributed by atoms with Crippen LogP contribution in [0.1, 0.15) is 25.7 Å². The Morgan fingerprint density at radius 1 is 1.00 bits per heavy atom. The second kappa shape index (κ2) is 3.33. The summed E-state index contributed by atoms with van der Waals surface area (Å²) in [6.45, 7) is 1.77. The summed E-state index contributed by atoms with van der Waals surface area (Å²) < 4.78 is 0. The van der Waals surface area contributed by atoms with Crippen LogP contribution in [0.3, 0.4) is 0 Å². The van der Waals surface area contributed by atoms with Crippen molar-refractivity contribution in [3.8, 4) is 0 Å². The monoisotopic (exact) mass is 168 g/mol. The Labute approximate surface area is 72.9 Å². The van der Waals surface area contributed by atoms with E-state index in [4.69, 9.17) is 0 Å². The standard InChI is InChI=1S/C9H16N2O/c12-9-10-5-8(6-11-9)7-3-1-2-4-7/h7-8H,1-6H2,(H2,10,11,12). The van der Waals surface area contributed by atoms with Crippen LogP contribution in [0.15, 0.2) is 0 Å². The van der Waals surface area contributed by atoms with Gasteiger partial charge in [0, 0.05) is 13.1 Å². The van der Waals surface area contributed by atoms with E-state index in [1.54, 1.807) is 0 Å². The molecule has 0 atom stereocenters. The molecule has 0 radical (unpaired) electrons. The van der Waals surface area contributed by atoms with Crippen molar-refractivity contribution in [2.24, 2.45) is 11.8 Å². The fraction of sp³-hybridized carbons (Fsp3) is 0.889. The van der Waals surface area contributed by atoms with E-state index in [0.29, 0.717) is 5.92 Å². The molecule has 3 heteroatoms. The summed E-state index contributed by atoms with van der Waals surface area (Å²) in [5.74, 6) is 1.54. The summed E-state index contributed by atoms with van der Waals surface area (Å²) in [5, 5.41) is 5.72. The Kier molecular flexibility index (Phi) is 2.19. The average molecular weight is 168 g/mol. The molecule has 0 spiro atoms. The maximum Gasteiger partial charge on any atom is 0.314 e. The number of hydrogen-bond donors (Lipinski definition) is 2. The molecular weight excluding hydrogens is 152 g/mol. The number of carbonyl (C=O) groups is 1. The zero-order valence-electron chi connectivity index (χ0n) is 7.31. The molecule has 0 aromatic heterocycles. The van der Waals surface area contributed by atoms with E-state index in [1.165, 1.54) is 25.7 Å². The van der Waals surface area contributed by atoms with E-state index in [1.807, 2.05) is 0 Å². The maximum absolute atomic E-state index is 10.8. The summed E-state index contributed by atoms with van der Waals surface area (Å²) in [6, 6.07) is 0.00393. The molecule has 12 heavy (non-hydrogen) atoms. The molecule has 1 aliphatic heterocycles. The van der Waals surface area contributed by atoms with Crippen molar-refractivity contribution in [1.82, 2.24) is 10.6 Å². The number of amides is 2. The third-order valence-corrected chi connectivity index (χ3v) is 3.12. The number of nitrogens with one attached hydrogen (secondary N) is 2. The lowest BCUT2D eigenvalue weighted by Gasteiger charge is -2.28. The molecule has 2 rings (SSSR count). The Morgan fingerprint density at radius 3 is 2.17 bits per heavy atom. The quantitative estimate of drug-likeness (QED) is 0.605. The Hall–Kier alpha value is -0.730. The van der Waals surface area contributed by atoms with Crippen molar-refractivity contribution in [3.63, 3.8) is 0 Å². The highest BCUT2D eigenvalue weighted by molar-refractivity contribution is 5.74. The maximum atomic E-state index is 10.8. The molecule has 0 aromatic carbocycles. The summed E-state index contributed by atoms with van der Waals surface area (Å²) >= 11 is 0. The van der Waals surface area contributed by atoms with Crippen LogP contribution in [-0.4, -0.2) is 19.1 Å². The normalized spacial score (nSPS) is 26.8. The van der Waals surface area contributed by atoms with E-state index in [0.717, 1.165) is 19.0 Å². The van der Waals surface area contributed by atoms with Crippen molar-refractivity contribution in [1.29, 1.82) is 0 Å². The number of urea groups is 1. The van der Waals surface area contributed by atoms with Crippen LogP contribution < -0.4 is 10.6 Å². The summed E-state index contributed by atoms with van der Waals surface area (Å²) in [7, 11) is 0. The van der Waals surface area contributed by atoms with Crippen molar-refractivity contribution < 1.29 is 4.79 Å². The van der Waals surface area contributed by atoms with Gasteiger partial charge in [0.05, 0.1) is 0 Å². The molecule has 68 valence electrons. The fourth-order valence-electron chi connectivity index (χ4n) is 2.34. The molecule has 3 nitrogen and oxygen atoms in total. The van der Waals surface area contributed by atoms with Gasteiger partial charge in [0.15, 0.2) is 0 Å². The number of hydrogen-bond acceptors (Lipinski definition) is 1. The minimum absolute atomic E-state index is 0.00393. The fourth-order valence-corrected chi connectivity index (χ4v) is 2.34. The lowest BCUT2D eigenvalue weighted by atomic mass is 9.90. The number of carbonyl (C=O) groups excluding carboxylic acids is 1. The van der Waals surface area contributed by atoms with Crippen LogP contribution >= 0.6 is 0 Å². The van der Waals surface area contributed by atoms with Crippen molar-refractivity contribution in [2.75, 3.05) is 13.1 Å². The average Bonchev–Trinajstić information content (AvgIpc) is 2.58. The zero-order chi connectivity index (χ0) is 8.39. The lowest BCUT2D eigenvalue weighted by Crippen LogP contribution is -2.49. The summed E-state index contributed by atoms with van der Waals surface area (Å²) in [4.78, 5) is 10.8. The first-order valence-corrected chi connectivity index (χ1v) is 4.88. The zero-order valence-corrected chi connectivity index (χ0v) is 7.31. The van der Waals surface area contributed by atoms with Gasteiger partial charge >= 0.3 is 6.03 Å². The Bertz CT molecular complexity index is 165. The van der Waals surface area contributed by atoms with E-state index in [-0.39, 0.29) is 6.03 Å². The molecule has 2 aliphatic rings. The smallest absolute Gasteiger partial charge is 0.314 e. The Morgan fingerprint density at radius 2 is 1.58 bits per heavy atom. The van der Waals surface area contributed by atoms with Gasteiger partial charge in [-0.05, 0) is 11.8 Å². The highest BCUT2D eigenvalue weighted by Crippen LogP contribution is 2.31. The third-order valence-electron chi connectivity index (χ3n) is 3.12. The first-order valence-electron chi connectivity index (χ1n) is 4.88. The van der Waals surface area contributed by atoms with Crippen LogP contribution in [0, 0.1) is 11.8 Å². The van der Waals surface area contributed by atoms with Crippen molar-refractivity contribution in [2.45, 2.75) is 25.7 Å². The van der Waals surface area contributed by atoms with E-state index < -0.39 is 0 Å². The van der Waals surface area contributed by atoms with Crippen molar-refractivity contribution in [3.05, 3.63) is 0 Å². The number of rotatable bonds is 1. The van der Waals surface area contributed by atoms with E-state index in [2.05, 4.69) is 10.6 Å². The lowest BCUT2D eigenvalue weighted by molar-refractivity contribution is 0.216. The molecule has 0 bridgehead atoms. The van der Waals surface area contributed by atoms with Gasteiger partial charge in [0.2, 0.25) is 0 Å². The second-order valence-corrected chi connectivity index (χ2v) is 3.90. The molecular formula is C9H16N2O. The van der Waals surface area contributed by atoms with Gasteiger partial charge in [-0.2, -0.15) is 0 Å². The summed E-state index contributed by atoms with van der Waals surface area (Å²) in [6.07, 6.45) is 5.49. The molecule has 1 aliphatic carbocycles. The second-order valence-electron chi connectivity index (χ2n) is 3.90. The van der Waals surface area contributed by atoms with Crippen LogP contribution in [-0.2, 0) is 0 Å². The minimum Gasteiger partial charge on any atom is -0.338 e. The van der Waals surface area contributed by atoms with Crippen LogP contribution in [0.4, 0.5) is 4.79 Å². The molecule has 2 N–H and O–H groups in total. The van der Waals surface area contributed by atoms with Gasteiger partial charge in [-0.3, -0.25) is 0 Å². The molecule has 0 unspecified atom stereocenters.